The fraction of sp³-hybridized carbons (Fsp3) is 0.538. The minimum atomic E-state index is -0.108. The van der Waals surface area contributed by atoms with Crippen molar-refractivity contribution in [3.05, 3.63) is 29.6 Å². The van der Waals surface area contributed by atoms with Gasteiger partial charge in [-0.1, -0.05) is 6.07 Å². The number of hydrogen-bond donors (Lipinski definition) is 1. The lowest BCUT2D eigenvalue weighted by molar-refractivity contribution is -0.147. The molecule has 1 aliphatic rings. The Morgan fingerprint density at radius 3 is 3.00 bits per heavy atom. The van der Waals surface area contributed by atoms with E-state index in [1.807, 2.05) is 32.2 Å². The molecule has 2 rings (SSSR count). The molecule has 1 aromatic rings. The lowest BCUT2D eigenvalue weighted by Gasteiger charge is -2.17. The molecule has 2 heterocycles. The molecule has 1 aromatic heterocycles. The number of esters is 1. The van der Waals surface area contributed by atoms with Crippen LogP contribution in [0.2, 0.25) is 0 Å². The van der Waals surface area contributed by atoms with Crippen molar-refractivity contribution in [2.45, 2.75) is 19.8 Å². The Bertz CT molecular complexity index is 389. The minimum Gasteiger partial charge on any atom is -0.466 e. The monoisotopic (exact) mass is 234 g/mol. The van der Waals surface area contributed by atoms with Gasteiger partial charge in [-0.3, -0.25) is 9.78 Å². The Hall–Kier alpha value is -1.42. The van der Waals surface area contributed by atoms with E-state index in [0.717, 1.165) is 17.8 Å². The molecule has 1 N–H and O–H groups in total. The molecule has 0 aliphatic carbocycles. The van der Waals surface area contributed by atoms with Crippen LogP contribution < -0.4 is 5.32 Å². The zero-order valence-electron chi connectivity index (χ0n) is 10.3. The zero-order chi connectivity index (χ0) is 12.3. The third-order valence-corrected chi connectivity index (χ3v) is 3.17. The highest BCUT2D eigenvalue weighted by Gasteiger charge is 2.35. The molecular weight excluding hydrogens is 216 g/mol. The molecule has 2 atom stereocenters. The molecule has 0 spiro atoms. The van der Waals surface area contributed by atoms with Crippen LogP contribution in [0.15, 0.2) is 18.3 Å². The summed E-state index contributed by atoms with van der Waals surface area (Å²) in [5.41, 5.74) is 2.10. The third-order valence-electron chi connectivity index (χ3n) is 3.17. The molecule has 0 radical (unpaired) electrons. The number of carbonyl (C=O) groups excluding carboxylic acids is 1. The summed E-state index contributed by atoms with van der Waals surface area (Å²) in [4.78, 5) is 16.1. The Kier molecular flexibility index (Phi) is 3.74. The van der Waals surface area contributed by atoms with Gasteiger partial charge < -0.3 is 10.1 Å². The number of rotatable bonds is 3. The largest absolute Gasteiger partial charge is 0.466 e. The number of hydrogen-bond acceptors (Lipinski definition) is 4. The van der Waals surface area contributed by atoms with Crippen molar-refractivity contribution >= 4 is 5.97 Å². The number of ether oxygens (including phenoxy) is 1. The van der Waals surface area contributed by atoms with Gasteiger partial charge in [-0.15, -0.1) is 0 Å². The SMILES string of the molecule is CCOC(=O)C1CNCC1c1ccc(C)nc1. The van der Waals surface area contributed by atoms with Crippen molar-refractivity contribution in [2.24, 2.45) is 5.92 Å². The molecule has 4 nitrogen and oxygen atoms in total. The smallest absolute Gasteiger partial charge is 0.310 e. The molecule has 0 aromatic carbocycles. The van der Waals surface area contributed by atoms with Crippen molar-refractivity contribution in [1.29, 1.82) is 0 Å². The second kappa shape index (κ2) is 5.27. The van der Waals surface area contributed by atoms with Gasteiger partial charge >= 0.3 is 5.97 Å². The highest BCUT2D eigenvalue weighted by atomic mass is 16.5. The first-order chi connectivity index (χ1) is 8.22. The molecule has 1 fully saturated rings. The van der Waals surface area contributed by atoms with Crippen LogP contribution in [0.3, 0.4) is 0 Å². The molecular formula is C13H18N2O2. The van der Waals surface area contributed by atoms with Gasteiger partial charge in [0.2, 0.25) is 0 Å². The molecule has 2 unspecified atom stereocenters. The fourth-order valence-electron chi connectivity index (χ4n) is 2.22. The Labute approximate surface area is 101 Å². The number of aryl methyl sites for hydroxylation is 1. The van der Waals surface area contributed by atoms with Crippen LogP contribution in [-0.2, 0) is 9.53 Å². The van der Waals surface area contributed by atoms with Gasteiger partial charge in [0.1, 0.15) is 0 Å². The van der Waals surface area contributed by atoms with E-state index < -0.39 is 0 Å². The maximum absolute atomic E-state index is 11.8. The van der Waals surface area contributed by atoms with Crippen LogP contribution in [0.25, 0.3) is 0 Å². The van der Waals surface area contributed by atoms with E-state index in [4.69, 9.17) is 4.74 Å². The topological polar surface area (TPSA) is 51.2 Å². The van der Waals surface area contributed by atoms with Crippen molar-refractivity contribution in [1.82, 2.24) is 10.3 Å². The predicted octanol–water partition coefficient (Wildman–Crippen LogP) is 1.26. The van der Waals surface area contributed by atoms with Crippen LogP contribution in [0.1, 0.15) is 24.1 Å². The first-order valence-corrected chi connectivity index (χ1v) is 6.02. The standard InChI is InChI=1S/C13H18N2O2/c1-3-17-13(16)12-8-14-7-11(12)10-5-4-9(2)15-6-10/h4-6,11-12,14H,3,7-8H2,1-2H3. The number of nitrogens with one attached hydrogen (secondary N) is 1. The Balaban J connectivity index is 2.14. The normalized spacial score (nSPS) is 23.6. The number of aromatic nitrogens is 1. The number of pyridine rings is 1. The van der Waals surface area contributed by atoms with Crippen LogP contribution in [0, 0.1) is 12.8 Å². The zero-order valence-corrected chi connectivity index (χ0v) is 10.3. The van der Waals surface area contributed by atoms with E-state index in [1.54, 1.807) is 0 Å². The Morgan fingerprint density at radius 2 is 2.35 bits per heavy atom. The summed E-state index contributed by atoms with van der Waals surface area (Å²) in [6, 6.07) is 4.03. The number of carbonyl (C=O) groups is 1. The van der Waals surface area contributed by atoms with Crippen molar-refractivity contribution < 1.29 is 9.53 Å². The quantitative estimate of drug-likeness (QED) is 0.800. The third kappa shape index (κ3) is 2.64. The van der Waals surface area contributed by atoms with Crippen molar-refractivity contribution in [2.75, 3.05) is 19.7 Å². The van der Waals surface area contributed by atoms with E-state index in [2.05, 4.69) is 10.3 Å². The Morgan fingerprint density at radius 1 is 1.53 bits per heavy atom. The maximum atomic E-state index is 11.8. The molecule has 0 bridgehead atoms. The lowest BCUT2D eigenvalue weighted by Crippen LogP contribution is -2.24. The molecule has 1 saturated heterocycles. The summed E-state index contributed by atoms with van der Waals surface area (Å²) in [7, 11) is 0. The first-order valence-electron chi connectivity index (χ1n) is 6.02. The average molecular weight is 234 g/mol. The van der Waals surface area contributed by atoms with E-state index in [9.17, 15) is 4.79 Å². The second-order valence-corrected chi connectivity index (χ2v) is 4.36. The van der Waals surface area contributed by atoms with Crippen LogP contribution in [0.5, 0.6) is 0 Å². The minimum absolute atomic E-state index is 0.0838. The molecule has 0 saturated carbocycles. The predicted molar refractivity (Wildman–Crippen MR) is 64.7 cm³/mol. The molecule has 1 aliphatic heterocycles. The fourth-order valence-corrected chi connectivity index (χ4v) is 2.22. The molecule has 4 heteroatoms. The van der Waals surface area contributed by atoms with Gasteiger partial charge in [-0.05, 0) is 25.5 Å². The second-order valence-electron chi connectivity index (χ2n) is 4.36. The molecule has 92 valence electrons. The summed E-state index contributed by atoms with van der Waals surface area (Å²) >= 11 is 0. The van der Waals surface area contributed by atoms with Gasteiger partial charge in [-0.2, -0.15) is 0 Å². The van der Waals surface area contributed by atoms with Gasteiger partial charge in [-0.25, -0.2) is 0 Å². The number of nitrogens with zero attached hydrogens (tertiary/aromatic N) is 1. The summed E-state index contributed by atoms with van der Waals surface area (Å²) in [6.45, 7) is 5.74. The highest BCUT2D eigenvalue weighted by Crippen LogP contribution is 2.28. The summed E-state index contributed by atoms with van der Waals surface area (Å²) in [5.74, 6) is -0.00955. The molecule has 0 amide bonds. The van der Waals surface area contributed by atoms with Crippen LogP contribution in [0.4, 0.5) is 0 Å². The first kappa shape index (κ1) is 12.0. The van der Waals surface area contributed by atoms with Crippen molar-refractivity contribution in [3.63, 3.8) is 0 Å². The maximum Gasteiger partial charge on any atom is 0.310 e. The average Bonchev–Trinajstić information content (AvgIpc) is 2.79. The van der Waals surface area contributed by atoms with E-state index in [0.29, 0.717) is 13.2 Å². The van der Waals surface area contributed by atoms with E-state index >= 15 is 0 Å². The van der Waals surface area contributed by atoms with E-state index in [1.165, 1.54) is 0 Å². The van der Waals surface area contributed by atoms with Gasteiger partial charge in [0, 0.05) is 30.9 Å². The summed E-state index contributed by atoms with van der Waals surface area (Å²) in [6.07, 6.45) is 1.86. The van der Waals surface area contributed by atoms with Gasteiger partial charge in [0.25, 0.3) is 0 Å². The van der Waals surface area contributed by atoms with Gasteiger partial charge in [0.15, 0.2) is 0 Å². The van der Waals surface area contributed by atoms with Crippen LogP contribution in [-0.4, -0.2) is 30.6 Å². The lowest BCUT2D eigenvalue weighted by atomic mass is 9.90. The van der Waals surface area contributed by atoms with Gasteiger partial charge in [0.05, 0.1) is 12.5 Å². The van der Waals surface area contributed by atoms with E-state index in [-0.39, 0.29) is 17.8 Å². The summed E-state index contributed by atoms with van der Waals surface area (Å²) < 4.78 is 5.10. The van der Waals surface area contributed by atoms with Crippen molar-refractivity contribution in [3.8, 4) is 0 Å². The van der Waals surface area contributed by atoms with Crippen LogP contribution >= 0.6 is 0 Å². The summed E-state index contributed by atoms with van der Waals surface area (Å²) in [5, 5.41) is 3.25. The molecule has 17 heavy (non-hydrogen) atoms. The highest BCUT2D eigenvalue weighted by molar-refractivity contribution is 5.74.